The van der Waals surface area contributed by atoms with Crippen LogP contribution in [-0.2, 0) is 11.2 Å². The first kappa shape index (κ1) is 17.3. The van der Waals surface area contributed by atoms with Crippen molar-refractivity contribution in [2.45, 2.75) is 65.1 Å². The van der Waals surface area contributed by atoms with Gasteiger partial charge in [0.25, 0.3) is 0 Å². The maximum atomic E-state index is 11.3. The highest BCUT2D eigenvalue weighted by Gasteiger charge is 2.60. The fourth-order valence-corrected chi connectivity index (χ4v) is 4.55. The van der Waals surface area contributed by atoms with Crippen molar-refractivity contribution in [2.24, 2.45) is 11.3 Å². The molecule has 1 saturated carbocycles. The third-order valence-corrected chi connectivity index (χ3v) is 6.13. The Balaban J connectivity index is 1.94. The molecule has 1 aromatic rings. The summed E-state index contributed by atoms with van der Waals surface area (Å²) in [6.45, 7) is 9.64. The molecule has 132 valence electrons. The first-order chi connectivity index (χ1) is 11.3. The molecule has 1 aliphatic carbocycles. The average Bonchev–Trinajstić information content (AvgIpc) is 2.93. The largest absolute Gasteiger partial charge is 0.486 e. The number of carboxylic acids is 1. The number of rotatable bonds is 4. The van der Waals surface area contributed by atoms with Gasteiger partial charge in [0, 0.05) is 18.4 Å². The van der Waals surface area contributed by atoms with Crippen molar-refractivity contribution in [1.29, 1.82) is 0 Å². The first-order valence-corrected chi connectivity index (χ1v) is 8.98. The molecule has 1 heterocycles. The van der Waals surface area contributed by atoms with E-state index in [0.717, 1.165) is 43.6 Å². The van der Waals surface area contributed by atoms with Crippen molar-refractivity contribution < 1.29 is 19.4 Å². The molecular formula is C20H28O4. The molecular weight excluding hydrogens is 304 g/mol. The van der Waals surface area contributed by atoms with Crippen LogP contribution in [-0.4, -0.2) is 29.4 Å². The van der Waals surface area contributed by atoms with E-state index < -0.39 is 5.97 Å². The SMILES string of the molecule is CCCO[C@@H]1CC[C@H](C)[C@]2(Cc3cc(C(=O)O)ccc3O2)C1(C)C. The van der Waals surface area contributed by atoms with Crippen LogP contribution in [0.2, 0.25) is 0 Å². The Hall–Kier alpha value is -1.55. The second kappa shape index (κ2) is 6.07. The van der Waals surface area contributed by atoms with Crippen molar-refractivity contribution in [3.8, 4) is 5.75 Å². The lowest BCUT2D eigenvalue weighted by atomic mass is 9.58. The van der Waals surface area contributed by atoms with Gasteiger partial charge in [-0.2, -0.15) is 0 Å². The standard InChI is InChI=1S/C20H28O4/c1-5-10-23-17-9-6-13(2)20(19(17,3)4)12-15-11-14(18(21)22)7-8-16(15)24-20/h7-8,11,13,17H,5-6,9-10,12H2,1-4H3,(H,21,22)/t13-,17+,20+/m0/s1. The summed E-state index contributed by atoms with van der Waals surface area (Å²) in [4.78, 5) is 11.3. The number of fused-ring (bicyclic) bond motifs is 1. The van der Waals surface area contributed by atoms with Crippen molar-refractivity contribution in [1.82, 2.24) is 0 Å². The lowest BCUT2D eigenvalue weighted by Gasteiger charge is -2.54. The Labute approximate surface area is 144 Å². The molecule has 24 heavy (non-hydrogen) atoms. The smallest absolute Gasteiger partial charge is 0.335 e. The van der Waals surface area contributed by atoms with Crippen molar-refractivity contribution in [3.63, 3.8) is 0 Å². The minimum Gasteiger partial charge on any atom is -0.486 e. The normalized spacial score (nSPS) is 30.8. The van der Waals surface area contributed by atoms with Gasteiger partial charge in [-0.05, 0) is 48.9 Å². The zero-order chi connectivity index (χ0) is 17.5. The molecule has 1 aromatic carbocycles. The van der Waals surface area contributed by atoms with E-state index in [0.29, 0.717) is 11.5 Å². The number of benzene rings is 1. The Morgan fingerprint density at radius 1 is 1.38 bits per heavy atom. The van der Waals surface area contributed by atoms with E-state index in [1.807, 2.05) is 6.07 Å². The van der Waals surface area contributed by atoms with Gasteiger partial charge < -0.3 is 14.6 Å². The predicted molar refractivity (Wildman–Crippen MR) is 92.7 cm³/mol. The zero-order valence-corrected chi connectivity index (χ0v) is 15.1. The summed E-state index contributed by atoms with van der Waals surface area (Å²) in [7, 11) is 0. The maximum absolute atomic E-state index is 11.3. The van der Waals surface area contributed by atoms with Crippen LogP contribution in [0.25, 0.3) is 0 Å². The zero-order valence-electron chi connectivity index (χ0n) is 15.1. The molecule has 3 rings (SSSR count). The summed E-state index contributed by atoms with van der Waals surface area (Å²) >= 11 is 0. The van der Waals surface area contributed by atoms with Gasteiger partial charge in [0.05, 0.1) is 11.7 Å². The number of hydrogen-bond donors (Lipinski definition) is 1. The van der Waals surface area contributed by atoms with E-state index >= 15 is 0 Å². The van der Waals surface area contributed by atoms with Gasteiger partial charge in [-0.1, -0.05) is 27.7 Å². The lowest BCUT2D eigenvalue weighted by Crippen LogP contribution is -2.62. The van der Waals surface area contributed by atoms with E-state index in [-0.39, 0.29) is 17.1 Å². The van der Waals surface area contributed by atoms with E-state index in [1.165, 1.54) is 0 Å². The first-order valence-electron chi connectivity index (χ1n) is 8.98. The summed E-state index contributed by atoms with van der Waals surface area (Å²) < 4.78 is 12.7. The Morgan fingerprint density at radius 2 is 2.12 bits per heavy atom. The van der Waals surface area contributed by atoms with E-state index in [2.05, 4.69) is 27.7 Å². The molecule has 0 amide bonds. The fourth-order valence-electron chi connectivity index (χ4n) is 4.55. The molecule has 3 atom stereocenters. The van der Waals surface area contributed by atoms with Crippen LogP contribution in [0.1, 0.15) is 62.9 Å². The van der Waals surface area contributed by atoms with Gasteiger partial charge >= 0.3 is 5.97 Å². The molecule has 4 heteroatoms. The second-order valence-electron chi connectivity index (χ2n) is 7.86. The van der Waals surface area contributed by atoms with Gasteiger partial charge in [-0.3, -0.25) is 0 Å². The molecule has 0 radical (unpaired) electrons. The fraction of sp³-hybridized carbons (Fsp3) is 0.650. The third-order valence-electron chi connectivity index (χ3n) is 6.13. The highest BCUT2D eigenvalue weighted by atomic mass is 16.5. The number of hydrogen-bond acceptors (Lipinski definition) is 3. The van der Waals surface area contributed by atoms with Crippen LogP contribution in [0.4, 0.5) is 0 Å². The van der Waals surface area contributed by atoms with Gasteiger partial charge in [0.2, 0.25) is 0 Å². The molecule has 1 N–H and O–H groups in total. The van der Waals surface area contributed by atoms with Gasteiger partial charge in [0.15, 0.2) is 0 Å². The van der Waals surface area contributed by atoms with Crippen molar-refractivity contribution in [3.05, 3.63) is 29.3 Å². The van der Waals surface area contributed by atoms with Crippen LogP contribution in [0.3, 0.4) is 0 Å². The number of aromatic carboxylic acids is 1. The summed E-state index contributed by atoms with van der Waals surface area (Å²) in [6.07, 6.45) is 4.05. The van der Waals surface area contributed by atoms with Crippen LogP contribution >= 0.6 is 0 Å². The van der Waals surface area contributed by atoms with Crippen molar-refractivity contribution >= 4 is 5.97 Å². The Kier molecular flexibility index (Phi) is 4.37. The van der Waals surface area contributed by atoms with E-state index in [4.69, 9.17) is 9.47 Å². The van der Waals surface area contributed by atoms with E-state index in [9.17, 15) is 9.90 Å². The molecule has 4 nitrogen and oxygen atoms in total. The quantitative estimate of drug-likeness (QED) is 0.892. The maximum Gasteiger partial charge on any atom is 0.335 e. The summed E-state index contributed by atoms with van der Waals surface area (Å²) in [5.41, 5.74) is 0.867. The Bertz CT molecular complexity index is 635. The third kappa shape index (κ3) is 2.52. The molecule has 0 unspecified atom stereocenters. The summed E-state index contributed by atoms with van der Waals surface area (Å²) in [6, 6.07) is 5.21. The van der Waals surface area contributed by atoms with Crippen LogP contribution in [0, 0.1) is 11.3 Å². The molecule has 1 aliphatic heterocycles. The molecule has 1 fully saturated rings. The number of carboxylic acid groups (broad SMARTS) is 1. The van der Waals surface area contributed by atoms with Gasteiger partial charge in [-0.25, -0.2) is 4.79 Å². The highest BCUT2D eigenvalue weighted by molar-refractivity contribution is 5.88. The van der Waals surface area contributed by atoms with E-state index in [1.54, 1.807) is 12.1 Å². The van der Waals surface area contributed by atoms with Gasteiger partial charge in [-0.15, -0.1) is 0 Å². The molecule has 0 bridgehead atoms. The van der Waals surface area contributed by atoms with Crippen molar-refractivity contribution in [2.75, 3.05) is 6.61 Å². The Morgan fingerprint density at radius 3 is 2.79 bits per heavy atom. The second-order valence-corrected chi connectivity index (χ2v) is 7.86. The van der Waals surface area contributed by atoms with Crippen LogP contribution in [0.5, 0.6) is 5.75 Å². The van der Waals surface area contributed by atoms with Crippen LogP contribution < -0.4 is 4.74 Å². The molecule has 2 aliphatic rings. The minimum atomic E-state index is -0.890. The van der Waals surface area contributed by atoms with Crippen LogP contribution in [0.15, 0.2) is 18.2 Å². The van der Waals surface area contributed by atoms with Gasteiger partial charge in [0.1, 0.15) is 11.4 Å². The average molecular weight is 332 g/mol. The molecule has 1 spiro atoms. The topological polar surface area (TPSA) is 55.8 Å². The number of carbonyl (C=O) groups is 1. The molecule has 0 aromatic heterocycles. The summed E-state index contributed by atoms with van der Waals surface area (Å²) in [5, 5.41) is 9.25. The summed E-state index contributed by atoms with van der Waals surface area (Å²) in [5.74, 6) is 0.338. The predicted octanol–water partition coefficient (Wildman–Crippen LogP) is 4.31. The lowest BCUT2D eigenvalue weighted by molar-refractivity contribution is -0.175. The highest BCUT2D eigenvalue weighted by Crippen LogP contribution is 2.56. The molecule has 0 saturated heterocycles. The number of ether oxygens (including phenoxy) is 2. The monoisotopic (exact) mass is 332 g/mol. The minimum absolute atomic E-state index is 0.137.